The van der Waals surface area contributed by atoms with E-state index in [2.05, 4.69) is 37.4 Å². The fourth-order valence-electron chi connectivity index (χ4n) is 3.36. The average Bonchev–Trinajstić information content (AvgIpc) is 2.50. The fourth-order valence-corrected chi connectivity index (χ4v) is 4.81. The van der Waals surface area contributed by atoms with E-state index in [-0.39, 0.29) is 0 Å². The zero-order valence-electron chi connectivity index (χ0n) is 13.6. The summed E-state index contributed by atoms with van der Waals surface area (Å²) in [5.74, 6) is 1.87. The van der Waals surface area contributed by atoms with Crippen molar-refractivity contribution in [3.8, 4) is 5.75 Å². The third kappa shape index (κ3) is 4.93. The summed E-state index contributed by atoms with van der Waals surface area (Å²) in [6.07, 6.45) is 6.75. The van der Waals surface area contributed by atoms with Gasteiger partial charge in [-0.15, -0.1) is 11.8 Å². The zero-order valence-corrected chi connectivity index (χ0v) is 14.4. The van der Waals surface area contributed by atoms with Crippen LogP contribution in [-0.2, 0) is 0 Å². The summed E-state index contributed by atoms with van der Waals surface area (Å²) in [7, 11) is 1.74. The Morgan fingerprint density at radius 3 is 2.86 bits per heavy atom. The van der Waals surface area contributed by atoms with Crippen molar-refractivity contribution in [3.63, 3.8) is 0 Å². The predicted octanol–water partition coefficient (Wildman–Crippen LogP) is 4.73. The molecule has 2 nitrogen and oxygen atoms in total. The van der Waals surface area contributed by atoms with E-state index in [4.69, 9.17) is 4.74 Å². The maximum Gasteiger partial charge on any atom is 0.119 e. The molecule has 0 spiro atoms. The van der Waals surface area contributed by atoms with E-state index in [1.807, 2.05) is 17.8 Å². The van der Waals surface area contributed by atoms with Gasteiger partial charge >= 0.3 is 0 Å². The standard InChI is InChI=1S/C18H29NOS/c1-4-7-14-10-11-17(19-5-2)18(12-14)21-16-9-6-8-15(13-16)20-3/h6,8-9,13-14,17-19H,4-5,7,10-12H2,1-3H3. The van der Waals surface area contributed by atoms with Gasteiger partial charge in [-0.3, -0.25) is 0 Å². The van der Waals surface area contributed by atoms with Crippen LogP contribution in [0.3, 0.4) is 0 Å². The lowest BCUT2D eigenvalue weighted by Crippen LogP contribution is -2.42. The minimum Gasteiger partial charge on any atom is -0.497 e. The molecule has 0 bridgehead atoms. The van der Waals surface area contributed by atoms with E-state index in [1.54, 1.807) is 7.11 Å². The van der Waals surface area contributed by atoms with Gasteiger partial charge in [0.15, 0.2) is 0 Å². The second-order valence-electron chi connectivity index (χ2n) is 5.97. The summed E-state index contributed by atoms with van der Waals surface area (Å²) >= 11 is 2.03. The summed E-state index contributed by atoms with van der Waals surface area (Å²) in [6, 6.07) is 9.14. The quantitative estimate of drug-likeness (QED) is 0.786. The first-order valence-electron chi connectivity index (χ1n) is 8.30. The van der Waals surface area contributed by atoms with Crippen LogP contribution in [0.1, 0.15) is 46.0 Å². The summed E-state index contributed by atoms with van der Waals surface area (Å²) in [4.78, 5) is 1.33. The number of rotatable bonds is 7. The second-order valence-corrected chi connectivity index (χ2v) is 7.28. The Bertz CT molecular complexity index is 423. The molecule has 0 heterocycles. The van der Waals surface area contributed by atoms with Crippen LogP contribution in [0.5, 0.6) is 5.75 Å². The largest absolute Gasteiger partial charge is 0.497 e. The molecular formula is C18H29NOS. The van der Waals surface area contributed by atoms with E-state index in [0.29, 0.717) is 11.3 Å². The van der Waals surface area contributed by atoms with Crippen LogP contribution in [0, 0.1) is 5.92 Å². The van der Waals surface area contributed by atoms with Crippen molar-refractivity contribution in [2.75, 3.05) is 13.7 Å². The highest BCUT2D eigenvalue weighted by atomic mass is 32.2. The Hall–Kier alpha value is -0.670. The summed E-state index contributed by atoms with van der Waals surface area (Å²) < 4.78 is 5.35. The highest BCUT2D eigenvalue weighted by molar-refractivity contribution is 8.00. The number of hydrogen-bond donors (Lipinski definition) is 1. The van der Waals surface area contributed by atoms with Gasteiger partial charge in [-0.1, -0.05) is 32.8 Å². The minimum atomic E-state index is 0.652. The molecule has 118 valence electrons. The van der Waals surface area contributed by atoms with Crippen molar-refractivity contribution in [1.29, 1.82) is 0 Å². The zero-order chi connectivity index (χ0) is 15.1. The van der Waals surface area contributed by atoms with E-state index >= 15 is 0 Å². The van der Waals surface area contributed by atoms with Crippen LogP contribution >= 0.6 is 11.8 Å². The summed E-state index contributed by atoms with van der Waals surface area (Å²) in [5.41, 5.74) is 0. The molecule has 1 saturated carbocycles. The molecule has 21 heavy (non-hydrogen) atoms. The molecule has 1 aliphatic carbocycles. The number of nitrogens with one attached hydrogen (secondary N) is 1. The number of benzene rings is 1. The van der Waals surface area contributed by atoms with Crippen LogP contribution < -0.4 is 10.1 Å². The molecule has 3 heteroatoms. The Morgan fingerprint density at radius 1 is 1.29 bits per heavy atom. The van der Waals surface area contributed by atoms with Gasteiger partial charge in [0.05, 0.1) is 7.11 Å². The molecule has 0 aliphatic heterocycles. The Labute approximate surface area is 134 Å². The predicted molar refractivity (Wildman–Crippen MR) is 92.4 cm³/mol. The van der Waals surface area contributed by atoms with Gasteiger partial charge in [-0.2, -0.15) is 0 Å². The van der Waals surface area contributed by atoms with E-state index < -0.39 is 0 Å². The smallest absolute Gasteiger partial charge is 0.119 e. The van der Waals surface area contributed by atoms with Crippen LogP contribution in [0.25, 0.3) is 0 Å². The van der Waals surface area contributed by atoms with Crippen LogP contribution in [-0.4, -0.2) is 24.9 Å². The van der Waals surface area contributed by atoms with Crippen LogP contribution in [0.4, 0.5) is 0 Å². The lowest BCUT2D eigenvalue weighted by Gasteiger charge is -2.36. The summed E-state index contributed by atoms with van der Waals surface area (Å²) in [6.45, 7) is 5.59. The topological polar surface area (TPSA) is 21.3 Å². The van der Waals surface area contributed by atoms with Gasteiger partial charge < -0.3 is 10.1 Å². The van der Waals surface area contributed by atoms with Crippen molar-refractivity contribution in [2.24, 2.45) is 5.92 Å². The highest BCUT2D eigenvalue weighted by Gasteiger charge is 2.30. The van der Waals surface area contributed by atoms with Gasteiger partial charge in [-0.05, 0) is 49.9 Å². The molecular weight excluding hydrogens is 278 g/mol. The van der Waals surface area contributed by atoms with E-state index in [1.165, 1.54) is 37.0 Å². The lowest BCUT2D eigenvalue weighted by atomic mass is 9.83. The molecule has 0 aromatic heterocycles. The molecule has 1 fully saturated rings. The first-order chi connectivity index (χ1) is 10.3. The molecule has 1 aromatic rings. The highest BCUT2D eigenvalue weighted by Crippen LogP contribution is 2.38. The molecule has 1 aliphatic rings. The first-order valence-corrected chi connectivity index (χ1v) is 9.18. The average molecular weight is 308 g/mol. The van der Waals surface area contributed by atoms with Crippen molar-refractivity contribution in [3.05, 3.63) is 24.3 Å². The number of hydrogen-bond acceptors (Lipinski definition) is 3. The fraction of sp³-hybridized carbons (Fsp3) is 0.667. The molecule has 1 aromatic carbocycles. The van der Waals surface area contributed by atoms with Gasteiger partial charge in [0, 0.05) is 16.2 Å². The van der Waals surface area contributed by atoms with Crippen molar-refractivity contribution in [2.45, 2.75) is 62.1 Å². The second kappa shape index (κ2) is 8.70. The van der Waals surface area contributed by atoms with Gasteiger partial charge in [-0.25, -0.2) is 0 Å². The lowest BCUT2D eigenvalue weighted by molar-refractivity contribution is 0.289. The molecule has 1 N–H and O–H groups in total. The van der Waals surface area contributed by atoms with Crippen LogP contribution in [0.2, 0.25) is 0 Å². The third-order valence-electron chi connectivity index (χ3n) is 4.39. The molecule has 0 saturated heterocycles. The van der Waals surface area contributed by atoms with Crippen molar-refractivity contribution >= 4 is 11.8 Å². The Kier molecular flexibility index (Phi) is 6.91. The van der Waals surface area contributed by atoms with Gasteiger partial charge in [0.1, 0.15) is 5.75 Å². The van der Waals surface area contributed by atoms with E-state index in [0.717, 1.165) is 18.2 Å². The van der Waals surface area contributed by atoms with Crippen molar-refractivity contribution < 1.29 is 4.74 Å². The number of thioether (sulfide) groups is 1. The Morgan fingerprint density at radius 2 is 2.14 bits per heavy atom. The molecule has 3 atom stereocenters. The maximum atomic E-state index is 5.35. The van der Waals surface area contributed by atoms with Gasteiger partial charge in [0.25, 0.3) is 0 Å². The normalized spacial score (nSPS) is 25.8. The molecule has 0 amide bonds. The van der Waals surface area contributed by atoms with E-state index in [9.17, 15) is 0 Å². The maximum absolute atomic E-state index is 5.35. The van der Waals surface area contributed by atoms with Crippen LogP contribution in [0.15, 0.2) is 29.2 Å². The molecule has 3 unspecified atom stereocenters. The Balaban J connectivity index is 2.04. The number of ether oxygens (including phenoxy) is 1. The third-order valence-corrected chi connectivity index (χ3v) is 5.74. The summed E-state index contributed by atoms with van der Waals surface area (Å²) in [5, 5.41) is 4.38. The SMILES string of the molecule is CCCC1CCC(NCC)C(Sc2cccc(OC)c2)C1. The monoisotopic (exact) mass is 307 g/mol. The van der Waals surface area contributed by atoms with Crippen molar-refractivity contribution in [1.82, 2.24) is 5.32 Å². The molecule has 0 radical (unpaired) electrons. The molecule has 2 rings (SSSR count). The van der Waals surface area contributed by atoms with Gasteiger partial charge in [0.2, 0.25) is 0 Å². The number of methoxy groups -OCH3 is 1. The minimum absolute atomic E-state index is 0.652. The first kappa shape index (κ1) is 16.7.